The molecule has 1 N–H and O–H groups in total. The Hall–Kier alpha value is -2.04. The van der Waals surface area contributed by atoms with Gasteiger partial charge in [-0.15, -0.1) is 0 Å². The van der Waals surface area contributed by atoms with Crippen molar-refractivity contribution in [2.24, 2.45) is 11.8 Å². The lowest BCUT2D eigenvalue weighted by Gasteiger charge is -2.35. The van der Waals surface area contributed by atoms with Crippen molar-refractivity contribution in [3.05, 3.63) is 24.3 Å². The first-order valence-electron chi connectivity index (χ1n) is 6.71. The molecule has 1 aromatic rings. The first-order valence-corrected chi connectivity index (χ1v) is 6.71. The van der Waals surface area contributed by atoms with E-state index in [1.807, 2.05) is 26.8 Å². The number of amides is 1. The molecule has 108 valence electrons. The van der Waals surface area contributed by atoms with E-state index in [2.05, 4.69) is 0 Å². The minimum atomic E-state index is -1.06. The number of ether oxygens (including phenoxy) is 1. The topological polar surface area (TPSA) is 66.8 Å². The molecular weight excluding hydrogens is 258 g/mol. The summed E-state index contributed by atoms with van der Waals surface area (Å²) in [4.78, 5) is 25.3. The van der Waals surface area contributed by atoms with Gasteiger partial charge in [-0.1, -0.05) is 32.9 Å². The van der Waals surface area contributed by atoms with Gasteiger partial charge in [0, 0.05) is 5.92 Å². The number of carboxylic acids is 1. The van der Waals surface area contributed by atoms with E-state index in [0.717, 1.165) is 0 Å². The van der Waals surface area contributed by atoms with E-state index < -0.39 is 12.1 Å². The Morgan fingerprint density at radius 3 is 2.55 bits per heavy atom. The molecule has 5 heteroatoms. The van der Waals surface area contributed by atoms with Gasteiger partial charge < -0.3 is 14.7 Å². The number of hydrogen-bond donors (Lipinski definition) is 1. The first-order chi connectivity index (χ1) is 9.41. The average molecular weight is 277 g/mol. The van der Waals surface area contributed by atoms with Gasteiger partial charge in [0.15, 0.2) is 0 Å². The molecule has 1 aliphatic rings. The van der Waals surface area contributed by atoms with E-state index in [0.29, 0.717) is 11.4 Å². The van der Waals surface area contributed by atoms with Crippen molar-refractivity contribution in [1.82, 2.24) is 0 Å². The Morgan fingerprint density at radius 1 is 1.30 bits per heavy atom. The zero-order valence-corrected chi connectivity index (χ0v) is 11.9. The van der Waals surface area contributed by atoms with Crippen LogP contribution in [0.2, 0.25) is 0 Å². The van der Waals surface area contributed by atoms with Crippen molar-refractivity contribution < 1.29 is 19.4 Å². The molecule has 2 unspecified atom stereocenters. The zero-order valence-electron chi connectivity index (χ0n) is 11.9. The lowest BCUT2D eigenvalue weighted by atomic mass is 9.96. The van der Waals surface area contributed by atoms with E-state index in [4.69, 9.17) is 9.84 Å². The zero-order chi connectivity index (χ0) is 14.9. The highest BCUT2D eigenvalue weighted by atomic mass is 16.5. The third-order valence-electron chi connectivity index (χ3n) is 3.70. The van der Waals surface area contributed by atoms with Crippen molar-refractivity contribution in [2.45, 2.75) is 26.9 Å². The maximum absolute atomic E-state index is 12.5. The van der Waals surface area contributed by atoms with Crippen LogP contribution in [-0.4, -0.2) is 29.6 Å². The Balaban J connectivity index is 2.36. The fraction of sp³-hybridized carbons (Fsp3) is 0.467. The van der Waals surface area contributed by atoms with Crippen molar-refractivity contribution in [1.29, 1.82) is 0 Å². The van der Waals surface area contributed by atoms with Crippen LogP contribution in [0.4, 0.5) is 5.69 Å². The molecule has 20 heavy (non-hydrogen) atoms. The third kappa shape index (κ3) is 2.61. The summed E-state index contributed by atoms with van der Waals surface area (Å²) in [6, 6.07) is 7.03. The predicted octanol–water partition coefficient (Wildman–Crippen LogP) is 2.16. The van der Waals surface area contributed by atoms with Gasteiger partial charge >= 0.3 is 5.97 Å². The van der Waals surface area contributed by atoms with E-state index in [-0.39, 0.29) is 24.3 Å². The molecule has 0 spiro atoms. The summed E-state index contributed by atoms with van der Waals surface area (Å²) in [5.41, 5.74) is 0.641. The molecule has 0 fully saturated rings. The predicted molar refractivity (Wildman–Crippen MR) is 74.8 cm³/mol. The van der Waals surface area contributed by atoms with E-state index in [1.165, 1.54) is 4.90 Å². The molecule has 0 saturated carbocycles. The van der Waals surface area contributed by atoms with Crippen LogP contribution in [0.15, 0.2) is 24.3 Å². The summed E-state index contributed by atoms with van der Waals surface area (Å²) in [5, 5.41) is 9.15. The van der Waals surface area contributed by atoms with Gasteiger partial charge in [-0.25, -0.2) is 4.79 Å². The second-order valence-electron chi connectivity index (χ2n) is 5.39. The van der Waals surface area contributed by atoms with Crippen LogP contribution in [0.3, 0.4) is 0 Å². The number of hydrogen-bond acceptors (Lipinski definition) is 3. The molecule has 0 radical (unpaired) electrons. The van der Waals surface area contributed by atoms with Gasteiger partial charge in [-0.05, 0) is 18.1 Å². The molecular formula is C15H19NO4. The number of nitrogens with zero attached hydrogens (tertiary/aromatic N) is 1. The minimum absolute atomic E-state index is 0.0439. The lowest BCUT2D eigenvalue weighted by Crippen LogP contribution is -2.49. The van der Waals surface area contributed by atoms with Crippen LogP contribution in [0.5, 0.6) is 5.75 Å². The van der Waals surface area contributed by atoms with Gasteiger partial charge in [-0.3, -0.25) is 4.79 Å². The molecule has 5 nitrogen and oxygen atoms in total. The number of para-hydroxylation sites is 2. The van der Waals surface area contributed by atoms with Gasteiger partial charge in [0.05, 0.1) is 12.2 Å². The summed E-state index contributed by atoms with van der Waals surface area (Å²) in [5.74, 6) is -0.664. The Labute approximate surface area is 118 Å². The van der Waals surface area contributed by atoms with E-state index >= 15 is 0 Å². The molecule has 1 aliphatic heterocycles. The average Bonchev–Trinajstić information content (AvgIpc) is 2.44. The normalized spacial score (nSPS) is 19.2. The van der Waals surface area contributed by atoms with Gasteiger partial charge in [-0.2, -0.15) is 0 Å². The van der Waals surface area contributed by atoms with Crippen molar-refractivity contribution in [2.75, 3.05) is 11.4 Å². The fourth-order valence-corrected chi connectivity index (χ4v) is 2.10. The van der Waals surface area contributed by atoms with Gasteiger partial charge in [0.1, 0.15) is 5.75 Å². The summed E-state index contributed by atoms with van der Waals surface area (Å²) < 4.78 is 5.42. The van der Waals surface area contributed by atoms with E-state index in [9.17, 15) is 9.59 Å². The Kier molecular flexibility index (Phi) is 3.97. The standard InChI is InChI=1S/C15H19NO4/c1-9(2)10(3)14(17)16-8-13(15(18)19)20-12-7-5-4-6-11(12)16/h4-7,9-10,13H,8H2,1-3H3,(H,18,19). The number of fused-ring (bicyclic) bond motifs is 1. The Bertz CT molecular complexity index is 526. The number of aliphatic carboxylic acids is 1. The molecule has 1 amide bonds. The summed E-state index contributed by atoms with van der Waals surface area (Å²) >= 11 is 0. The second kappa shape index (κ2) is 5.53. The maximum atomic E-state index is 12.5. The van der Waals surface area contributed by atoms with Crippen molar-refractivity contribution >= 4 is 17.6 Å². The number of anilines is 1. The van der Waals surface area contributed by atoms with Crippen molar-refractivity contribution in [3.63, 3.8) is 0 Å². The molecule has 0 aromatic heterocycles. The van der Waals surface area contributed by atoms with Gasteiger partial charge in [0.25, 0.3) is 0 Å². The number of carboxylic acid groups (broad SMARTS) is 1. The van der Waals surface area contributed by atoms with Crippen molar-refractivity contribution in [3.8, 4) is 5.75 Å². The number of carbonyl (C=O) groups excluding carboxylic acids is 1. The minimum Gasteiger partial charge on any atom is -0.478 e. The Morgan fingerprint density at radius 2 is 1.95 bits per heavy atom. The van der Waals surface area contributed by atoms with Gasteiger partial charge in [0.2, 0.25) is 12.0 Å². The molecule has 0 bridgehead atoms. The number of benzene rings is 1. The quantitative estimate of drug-likeness (QED) is 0.919. The highest BCUT2D eigenvalue weighted by molar-refractivity contribution is 5.98. The van der Waals surface area contributed by atoms with Crippen LogP contribution in [0.1, 0.15) is 20.8 Å². The SMILES string of the molecule is CC(C)C(C)C(=O)N1CC(C(=O)O)Oc2ccccc21. The van der Waals surface area contributed by atoms with Crippen LogP contribution >= 0.6 is 0 Å². The third-order valence-corrected chi connectivity index (χ3v) is 3.70. The fourth-order valence-electron chi connectivity index (χ4n) is 2.10. The highest BCUT2D eigenvalue weighted by Gasteiger charge is 2.35. The largest absolute Gasteiger partial charge is 0.478 e. The van der Waals surface area contributed by atoms with E-state index in [1.54, 1.807) is 18.2 Å². The second-order valence-corrected chi connectivity index (χ2v) is 5.39. The molecule has 2 atom stereocenters. The summed E-state index contributed by atoms with van der Waals surface area (Å²) in [6.45, 7) is 5.86. The molecule has 1 aromatic carbocycles. The van der Waals surface area contributed by atoms with Crippen LogP contribution in [0, 0.1) is 11.8 Å². The monoisotopic (exact) mass is 277 g/mol. The van der Waals surface area contributed by atoms with Crippen LogP contribution in [-0.2, 0) is 9.59 Å². The molecule has 2 rings (SSSR count). The highest BCUT2D eigenvalue weighted by Crippen LogP contribution is 2.34. The smallest absolute Gasteiger partial charge is 0.346 e. The van der Waals surface area contributed by atoms with Crippen LogP contribution in [0.25, 0.3) is 0 Å². The number of carbonyl (C=O) groups is 2. The first kappa shape index (κ1) is 14.4. The number of rotatable bonds is 3. The molecule has 0 aliphatic carbocycles. The lowest BCUT2D eigenvalue weighted by molar-refractivity contribution is -0.145. The summed E-state index contributed by atoms with van der Waals surface area (Å²) in [6.07, 6.45) is -1.02. The molecule has 1 heterocycles. The summed E-state index contributed by atoms with van der Waals surface area (Å²) in [7, 11) is 0. The maximum Gasteiger partial charge on any atom is 0.346 e. The van der Waals surface area contributed by atoms with Crippen LogP contribution < -0.4 is 9.64 Å². The molecule has 0 saturated heterocycles.